The summed E-state index contributed by atoms with van der Waals surface area (Å²) in [5.74, 6) is -9.12. The van der Waals surface area contributed by atoms with Gasteiger partial charge in [0.15, 0.2) is 0 Å². The Morgan fingerprint density at radius 1 is 0.739 bits per heavy atom. The molecule has 0 atom stereocenters. The molecule has 1 radical (unpaired) electrons. The Labute approximate surface area is 132 Å². The smallest absolute Gasteiger partial charge is 0.473 e. The van der Waals surface area contributed by atoms with Crippen molar-refractivity contribution in [2.45, 2.75) is 11.6 Å². The number of aliphatic carboxylic acids is 2. The molecule has 2 aliphatic heterocycles. The van der Waals surface area contributed by atoms with Crippen molar-refractivity contribution in [3.05, 3.63) is 20.2 Å². The summed E-state index contributed by atoms with van der Waals surface area (Å²) < 4.78 is 0. The molecule has 0 aromatic rings. The van der Waals surface area contributed by atoms with Gasteiger partial charge in [0, 0.05) is 17.1 Å². The van der Waals surface area contributed by atoms with Crippen LogP contribution in [-0.4, -0.2) is 43.6 Å². The third kappa shape index (κ3) is 3.47. The summed E-state index contributed by atoms with van der Waals surface area (Å²) >= 11 is 0. The van der Waals surface area contributed by atoms with Gasteiger partial charge in [0.05, 0.1) is 9.85 Å². The fourth-order valence-electron chi connectivity index (χ4n) is 0.843. The Kier molecular flexibility index (Phi) is 6.06. The van der Waals surface area contributed by atoms with Crippen LogP contribution in [-0.2, 0) is 26.7 Å². The summed E-state index contributed by atoms with van der Waals surface area (Å²) in [6.45, 7) is 0. The third-order valence-corrected chi connectivity index (χ3v) is 1.90. The maximum Gasteiger partial charge on any atom is 0.545 e. The van der Waals surface area contributed by atoms with E-state index >= 15 is 0 Å². The van der Waals surface area contributed by atoms with Crippen LogP contribution in [0.3, 0.4) is 0 Å². The molecule has 18 nitrogen and oxygen atoms in total. The van der Waals surface area contributed by atoms with Gasteiger partial charge in [0.1, 0.15) is 0 Å². The predicted octanol–water partition coefficient (Wildman–Crippen LogP) is -0.333. The zero-order valence-corrected chi connectivity index (χ0v) is 11.1. The van der Waals surface area contributed by atoms with E-state index in [1.54, 1.807) is 0 Å². The number of hydrogen-bond donors (Lipinski definition) is 2. The molecular formula is C4H2CuN10O8. The Bertz CT molecular complexity index is 541. The number of rotatable bonds is 4. The van der Waals surface area contributed by atoms with Gasteiger partial charge in [-0.3, -0.25) is 20.2 Å². The van der Waals surface area contributed by atoms with E-state index < -0.39 is 33.4 Å². The van der Waals surface area contributed by atoms with Crippen molar-refractivity contribution in [2.75, 3.05) is 0 Å². The molecule has 0 aromatic carbocycles. The molecular weight excluding hydrogens is 380 g/mol. The summed E-state index contributed by atoms with van der Waals surface area (Å²) in [5.41, 5.74) is 0. The van der Waals surface area contributed by atoms with Crippen LogP contribution >= 0.6 is 0 Å². The average molecular weight is 382 g/mol. The minimum absolute atomic E-state index is 0. The molecule has 2 aliphatic rings. The molecule has 0 bridgehead atoms. The molecule has 0 saturated heterocycles. The van der Waals surface area contributed by atoms with Crippen molar-refractivity contribution in [2.24, 2.45) is 41.4 Å². The molecule has 19 heteroatoms. The van der Waals surface area contributed by atoms with Gasteiger partial charge < -0.3 is 10.2 Å². The number of hydrogen-bond acceptors (Lipinski definition) is 14. The van der Waals surface area contributed by atoms with Gasteiger partial charge in [-0.1, -0.05) is 20.5 Å². The maximum absolute atomic E-state index is 10.2. The topological polar surface area (TPSA) is 260 Å². The van der Waals surface area contributed by atoms with Crippen molar-refractivity contribution >= 4 is 11.9 Å². The summed E-state index contributed by atoms with van der Waals surface area (Å²) in [7, 11) is 0. The van der Waals surface area contributed by atoms with E-state index in [1.807, 2.05) is 0 Å². The van der Waals surface area contributed by atoms with E-state index in [4.69, 9.17) is 10.2 Å². The van der Waals surface area contributed by atoms with Crippen LogP contribution < -0.4 is 0 Å². The Balaban J connectivity index is 0.000000403. The second-order valence-corrected chi connectivity index (χ2v) is 3.15. The molecule has 0 aromatic heterocycles. The van der Waals surface area contributed by atoms with Crippen LogP contribution in [0, 0.1) is 20.2 Å². The Morgan fingerprint density at radius 3 is 1.04 bits per heavy atom. The van der Waals surface area contributed by atoms with Gasteiger partial charge >= 0.3 is 23.5 Å². The van der Waals surface area contributed by atoms with Crippen LogP contribution in [0.15, 0.2) is 41.4 Å². The molecule has 0 saturated carbocycles. The van der Waals surface area contributed by atoms with Gasteiger partial charge in [-0.05, 0) is 20.9 Å². The first-order chi connectivity index (χ1) is 10.2. The van der Waals surface area contributed by atoms with Crippen LogP contribution in [0.4, 0.5) is 0 Å². The fourth-order valence-corrected chi connectivity index (χ4v) is 0.843. The van der Waals surface area contributed by atoms with Crippen molar-refractivity contribution in [3.8, 4) is 0 Å². The third-order valence-electron chi connectivity index (χ3n) is 1.90. The van der Waals surface area contributed by atoms with Crippen LogP contribution in [0.5, 0.6) is 0 Å². The minimum Gasteiger partial charge on any atom is -0.473 e. The minimum atomic E-state index is -2.75. The average Bonchev–Trinajstić information content (AvgIpc) is 3.10. The van der Waals surface area contributed by atoms with Gasteiger partial charge in [-0.2, -0.15) is 0 Å². The molecule has 0 amide bonds. The summed E-state index contributed by atoms with van der Waals surface area (Å²) in [5, 5.41) is 58.7. The fraction of sp³-hybridized carbons (Fsp3) is 0.500. The van der Waals surface area contributed by atoms with Crippen molar-refractivity contribution in [1.29, 1.82) is 0 Å². The zero-order chi connectivity index (χ0) is 17.0. The quantitative estimate of drug-likeness (QED) is 0.368. The largest absolute Gasteiger partial charge is 0.545 e. The molecule has 2 N–H and O–H groups in total. The summed E-state index contributed by atoms with van der Waals surface area (Å²) in [4.78, 5) is 38.2. The molecule has 2 rings (SSSR count). The number of carboxylic acids is 2. The predicted molar refractivity (Wildman–Crippen MR) is 54.1 cm³/mol. The van der Waals surface area contributed by atoms with E-state index in [9.17, 15) is 29.8 Å². The first-order valence-electron chi connectivity index (χ1n) is 4.63. The number of nitrogens with zero attached hydrogens (tertiary/aromatic N) is 10. The van der Waals surface area contributed by atoms with Gasteiger partial charge in [0.25, 0.3) is 0 Å². The number of nitro groups is 2. The summed E-state index contributed by atoms with van der Waals surface area (Å²) in [6, 6.07) is 0. The van der Waals surface area contributed by atoms with E-state index in [-0.39, 0.29) is 17.1 Å². The molecule has 0 aliphatic carbocycles. The standard InChI is InChI=1S/2C2HN5O4.Cu/c2*8-1(9)2(7(10)11)3-5-6-4-2;/h2*(H,8,9);. The van der Waals surface area contributed by atoms with Crippen molar-refractivity contribution in [1.82, 2.24) is 0 Å². The van der Waals surface area contributed by atoms with Gasteiger partial charge in [0.2, 0.25) is 0 Å². The van der Waals surface area contributed by atoms with Crippen molar-refractivity contribution < 1.29 is 46.7 Å². The number of carbonyl (C=O) groups is 2. The first kappa shape index (κ1) is 19.7. The number of carboxylic acid groups (broad SMARTS) is 2. The van der Waals surface area contributed by atoms with Gasteiger partial charge in [-0.25, -0.2) is 9.59 Å². The normalized spacial score (nSPS) is 17.7. The van der Waals surface area contributed by atoms with E-state index in [0.29, 0.717) is 0 Å². The Hall–Kier alpha value is -3.34. The van der Waals surface area contributed by atoms with E-state index in [1.165, 1.54) is 0 Å². The van der Waals surface area contributed by atoms with Crippen molar-refractivity contribution in [3.63, 3.8) is 0 Å². The van der Waals surface area contributed by atoms with Crippen LogP contribution in [0.25, 0.3) is 0 Å². The van der Waals surface area contributed by atoms with Gasteiger partial charge in [-0.15, -0.1) is 0 Å². The SMILES string of the molecule is O=C(O)C1([N+](=O)[O-])N=NN=N1.O=C(O)C1([N+](=O)[O-])N=NN=N1.[Cu]. The van der Waals surface area contributed by atoms with Crippen LogP contribution in [0.2, 0.25) is 0 Å². The summed E-state index contributed by atoms with van der Waals surface area (Å²) in [6.07, 6.45) is 0. The molecule has 23 heavy (non-hydrogen) atoms. The first-order valence-corrected chi connectivity index (χ1v) is 4.63. The second kappa shape index (κ2) is 7.08. The zero-order valence-electron chi connectivity index (χ0n) is 10.1. The molecule has 127 valence electrons. The monoisotopic (exact) mass is 381 g/mol. The van der Waals surface area contributed by atoms with E-state index in [2.05, 4.69) is 41.4 Å². The van der Waals surface area contributed by atoms with E-state index in [0.717, 1.165) is 0 Å². The maximum atomic E-state index is 10.2. The Morgan fingerprint density at radius 2 is 0.957 bits per heavy atom. The van der Waals surface area contributed by atoms with Crippen LogP contribution in [0.1, 0.15) is 0 Å². The molecule has 0 fully saturated rings. The second-order valence-electron chi connectivity index (χ2n) is 3.15. The molecule has 0 spiro atoms. The molecule has 0 unspecified atom stereocenters. The molecule has 2 heterocycles.